The number of carbonyl (C=O) groups is 1. The third-order valence-corrected chi connectivity index (χ3v) is 10.7. The Morgan fingerprint density at radius 2 is 1.49 bits per heavy atom. The van der Waals surface area contributed by atoms with E-state index in [2.05, 4.69) is 79.3 Å². The van der Waals surface area contributed by atoms with Gasteiger partial charge in [0.2, 0.25) is 0 Å². The monoisotopic (exact) mass is 834 g/mol. The number of rotatable bonds is 8. The summed E-state index contributed by atoms with van der Waals surface area (Å²) in [5.74, 6) is 0.286. The molecular weight excluding hydrogens is 785 g/mol. The molecule has 0 amide bonds. The Morgan fingerprint density at radius 1 is 0.816 bits per heavy atom. The van der Waals surface area contributed by atoms with Crippen molar-refractivity contribution in [2.24, 2.45) is 10.8 Å². The van der Waals surface area contributed by atoms with Crippen LogP contribution in [0.4, 0.5) is 0 Å². The van der Waals surface area contributed by atoms with Gasteiger partial charge in [0.15, 0.2) is 5.78 Å². The van der Waals surface area contributed by atoms with Crippen molar-refractivity contribution in [2.75, 3.05) is 0 Å². The molecule has 2 heterocycles. The average Bonchev–Trinajstić information content (AvgIpc) is 3.50. The van der Waals surface area contributed by atoms with E-state index in [-0.39, 0.29) is 47.9 Å². The number of aliphatic hydroxyl groups excluding tert-OH is 1. The van der Waals surface area contributed by atoms with Gasteiger partial charge < -0.3 is 9.52 Å². The van der Waals surface area contributed by atoms with E-state index in [1.807, 2.05) is 65.8 Å². The van der Waals surface area contributed by atoms with E-state index in [0.29, 0.717) is 5.58 Å². The van der Waals surface area contributed by atoms with Crippen LogP contribution in [-0.2, 0) is 30.3 Å². The second-order valence-electron chi connectivity index (χ2n) is 14.5. The number of benzene rings is 4. The van der Waals surface area contributed by atoms with Gasteiger partial charge >= 0.3 is 0 Å². The van der Waals surface area contributed by atoms with Gasteiger partial charge in [0, 0.05) is 42.7 Å². The predicted octanol–water partition coefficient (Wildman–Crippen LogP) is 12.1. The SMILES string of the molecule is CC(C)(C)c1ccc2c(-c3ncnc4c3oc3ccc5ccccc5c34)[c-]ccc2c1.CCC(C)(CC)C(=O)/C=C(\O)C(C)(CC)CC.[Ir]. The zero-order chi connectivity index (χ0) is 34.9. The quantitative estimate of drug-likeness (QED) is 0.0939. The molecule has 2 aromatic heterocycles. The third-order valence-electron chi connectivity index (χ3n) is 10.7. The first-order valence-electron chi connectivity index (χ1n) is 17.3. The van der Waals surface area contributed by atoms with Crippen molar-refractivity contribution in [1.82, 2.24) is 9.97 Å². The van der Waals surface area contributed by atoms with Crippen LogP contribution < -0.4 is 0 Å². The molecule has 0 unspecified atom stereocenters. The number of hydrogen-bond donors (Lipinski definition) is 1. The fourth-order valence-electron chi connectivity index (χ4n) is 6.08. The molecule has 0 bridgehead atoms. The van der Waals surface area contributed by atoms with Crippen LogP contribution in [0.5, 0.6) is 0 Å². The number of furan rings is 1. The second-order valence-corrected chi connectivity index (χ2v) is 14.5. The molecule has 0 atom stereocenters. The molecule has 0 aliphatic rings. The topological polar surface area (TPSA) is 76.2 Å². The summed E-state index contributed by atoms with van der Waals surface area (Å²) in [5.41, 5.74) is 4.88. The number of aliphatic hydroxyl groups is 1. The predicted molar refractivity (Wildman–Crippen MR) is 200 cm³/mol. The summed E-state index contributed by atoms with van der Waals surface area (Å²) < 4.78 is 6.33. The molecule has 4 aromatic carbocycles. The number of allylic oxidation sites excluding steroid dienone is 2. The molecule has 0 fully saturated rings. The van der Waals surface area contributed by atoms with Gasteiger partial charge in [0.1, 0.15) is 28.8 Å². The van der Waals surface area contributed by atoms with Crippen LogP contribution in [0, 0.1) is 16.9 Å². The van der Waals surface area contributed by atoms with Crippen LogP contribution in [0.15, 0.2) is 89.3 Å². The minimum absolute atomic E-state index is 0. The molecule has 0 saturated carbocycles. The Morgan fingerprint density at radius 3 is 2.14 bits per heavy atom. The zero-order valence-corrected chi connectivity index (χ0v) is 32.7. The van der Waals surface area contributed by atoms with E-state index in [9.17, 15) is 9.90 Å². The molecule has 0 aliphatic carbocycles. The van der Waals surface area contributed by atoms with E-state index in [1.54, 1.807) is 6.33 Å². The van der Waals surface area contributed by atoms with Crippen molar-refractivity contribution < 1.29 is 34.4 Å². The van der Waals surface area contributed by atoms with Crippen molar-refractivity contribution in [3.8, 4) is 11.3 Å². The molecule has 0 aliphatic heterocycles. The summed E-state index contributed by atoms with van der Waals surface area (Å²) in [4.78, 5) is 21.4. The van der Waals surface area contributed by atoms with Crippen molar-refractivity contribution in [2.45, 2.75) is 93.4 Å². The van der Waals surface area contributed by atoms with Gasteiger partial charge in [-0.15, -0.1) is 29.1 Å². The summed E-state index contributed by atoms with van der Waals surface area (Å²) in [6.45, 7) is 18.8. The number of aromatic nitrogens is 2. The van der Waals surface area contributed by atoms with Gasteiger partial charge in [-0.1, -0.05) is 116 Å². The van der Waals surface area contributed by atoms with Crippen LogP contribution in [0.2, 0.25) is 0 Å². The molecule has 1 radical (unpaired) electrons. The van der Waals surface area contributed by atoms with Crippen molar-refractivity contribution in [1.29, 1.82) is 0 Å². The molecule has 0 spiro atoms. The van der Waals surface area contributed by atoms with E-state index in [1.165, 1.54) is 22.4 Å². The fraction of sp³-hybridized carbons (Fsp3) is 0.372. The average molecular weight is 834 g/mol. The first kappa shape index (κ1) is 37.9. The van der Waals surface area contributed by atoms with E-state index >= 15 is 0 Å². The summed E-state index contributed by atoms with van der Waals surface area (Å²) in [7, 11) is 0. The standard InChI is InChI=1S/C28H21N2O.C15H28O2.Ir/c1-28(2,3)19-12-13-20-18(15-19)8-6-10-22(20)25-27-26(30-16-29-25)24-21-9-5-4-7-17(21)11-14-23(24)31-27;1-7-14(5,8-2)12(16)11-13(17)15(6,9-3)10-4;/h4-9,11-16H,1-3H3;11,16H,7-10H2,1-6H3;/q-1;;/b;12-11-;. The molecule has 259 valence electrons. The third kappa shape index (κ3) is 7.37. The van der Waals surface area contributed by atoms with E-state index in [4.69, 9.17) is 4.42 Å². The Kier molecular flexibility index (Phi) is 11.6. The van der Waals surface area contributed by atoms with Gasteiger partial charge in [-0.05, 0) is 53.5 Å². The Labute approximate surface area is 304 Å². The maximum Gasteiger partial charge on any atom is 0.164 e. The summed E-state index contributed by atoms with van der Waals surface area (Å²) in [6, 6.07) is 26.6. The summed E-state index contributed by atoms with van der Waals surface area (Å²) in [5, 5.41) is 15.8. The number of carbonyl (C=O) groups excluding carboxylic acids is 1. The molecule has 6 heteroatoms. The number of ketones is 1. The van der Waals surface area contributed by atoms with Crippen molar-refractivity contribution in [3.63, 3.8) is 0 Å². The van der Waals surface area contributed by atoms with Crippen molar-refractivity contribution in [3.05, 3.63) is 96.5 Å². The zero-order valence-electron chi connectivity index (χ0n) is 30.3. The van der Waals surface area contributed by atoms with Crippen LogP contribution >= 0.6 is 0 Å². The molecule has 5 nitrogen and oxygen atoms in total. The maximum absolute atomic E-state index is 12.2. The van der Waals surface area contributed by atoms with Gasteiger partial charge in [0.25, 0.3) is 0 Å². The van der Waals surface area contributed by atoms with E-state index < -0.39 is 0 Å². The van der Waals surface area contributed by atoms with Crippen molar-refractivity contribution >= 4 is 49.4 Å². The minimum Gasteiger partial charge on any atom is -0.512 e. The molecular formula is C43H49IrN2O3-. The Balaban J connectivity index is 0.000000260. The molecule has 0 saturated heterocycles. The smallest absolute Gasteiger partial charge is 0.164 e. The molecule has 49 heavy (non-hydrogen) atoms. The number of hydrogen-bond acceptors (Lipinski definition) is 5. The van der Waals surface area contributed by atoms with Gasteiger partial charge in [-0.25, -0.2) is 4.98 Å². The summed E-state index contributed by atoms with van der Waals surface area (Å²) >= 11 is 0. The van der Waals surface area contributed by atoms with Crippen LogP contribution in [0.1, 0.15) is 93.6 Å². The minimum atomic E-state index is -0.337. The van der Waals surface area contributed by atoms with Crippen LogP contribution in [-0.4, -0.2) is 20.9 Å². The summed E-state index contributed by atoms with van der Waals surface area (Å²) in [6.07, 6.45) is 6.38. The number of fused-ring (bicyclic) bond motifs is 6. The number of nitrogens with zero attached hydrogens (tertiary/aromatic N) is 2. The van der Waals surface area contributed by atoms with Crippen LogP contribution in [0.3, 0.4) is 0 Å². The van der Waals surface area contributed by atoms with Gasteiger partial charge in [-0.2, -0.15) is 0 Å². The molecule has 1 N–H and O–H groups in total. The molecule has 6 rings (SSSR count). The Hall–Kier alpha value is -3.86. The fourth-order valence-corrected chi connectivity index (χ4v) is 6.08. The molecule has 6 aromatic rings. The second kappa shape index (κ2) is 14.9. The normalized spacial score (nSPS) is 12.6. The largest absolute Gasteiger partial charge is 0.512 e. The Bertz CT molecular complexity index is 2130. The first-order chi connectivity index (χ1) is 22.8. The first-order valence-corrected chi connectivity index (χ1v) is 17.3. The van der Waals surface area contributed by atoms with Crippen LogP contribution in [0.25, 0.3) is 54.9 Å². The maximum atomic E-state index is 12.2. The van der Waals surface area contributed by atoms with Gasteiger partial charge in [0.05, 0.1) is 5.39 Å². The van der Waals surface area contributed by atoms with E-state index in [0.717, 1.165) is 64.2 Å². The van der Waals surface area contributed by atoms with Gasteiger partial charge in [-0.3, -0.25) is 9.78 Å².